The van der Waals surface area contributed by atoms with Crippen LogP contribution in [0.1, 0.15) is 36.5 Å². The molecule has 1 atom stereocenters. The number of piperidine rings is 1. The van der Waals surface area contributed by atoms with Crippen molar-refractivity contribution in [3.05, 3.63) is 99.4 Å². The molecule has 222 valence electrons. The van der Waals surface area contributed by atoms with Gasteiger partial charge in [0.05, 0.1) is 29.6 Å². The van der Waals surface area contributed by atoms with Crippen LogP contribution in [0.2, 0.25) is 0 Å². The summed E-state index contributed by atoms with van der Waals surface area (Å²) in [6, 6.07) is 16.0. The number of hydrogen-bond donors (Lipinski definition) is 3. The standard InChI is InChI=1S/C32H35N7O3S/c1-20(43)28(26(34)13-21-5-3-2-4-6-21)30(40)37-11-9-32(42,10-12-37)18-38-19-36-39-27(17-35-29(39)31(38)41)23-8-7-22-15-25(33)16-24(22)14-23/h2-8,14,17,19,25,42H,9-13,15-16,18,33-34H2,1H3. The molecule has 1 saturated heterocycles. The van der Waals surface area contributed by atoms with E-state index in [1.807, 2.05) is 36.4 Å². The lowest BCUT2D eigenvalue weighted by molar-refractivity contribution is -0.131. The van der Waals surface area contributed by atoms with Crippen molar-refractivity contribution in [1.29, 1.82) is 0 Å². The Morgan fingerprint density at radius 2 is 1.84 bits per heavy atom. The van der Waals surface area contributed by atoms with Crippen LogP contribution in [-0.2, 0) is 30.6 Å². The highest BCUT2D eigenvalue weighted by Gasteiger charge is 2.36. The van der Waals surface area contributed by atoms with Crippen LogP contribution in [0.15, 0.2) is 77.1 Å². The molecule has 2 aliphatic rings. The third kappa shape index (κ3) is 5.75. The Morgan fingerprint density at radius 1 is 1.12 bits per heavy atom. The van der Waals surface area contributed by atoms with Crippen LogP contribution >= 0.6 is 12.2 Å². The molecule has 1 unspecified atom stereocenters. The van der Waals surface area contributed by atoms with Gasteiger partial charge in [-0.05, 0) is 55.4 Å². The Hall–Kier alpha value is -4.19. The maximum Gasteiger partial charge on any atom is 0.296 e. The number of thiocarbonyl (C=S) groups is 1. The fourth-order valence-corrected chi connectivity index (χ4v) is 6.42. The number of amides is 1. The SMILES string of the molecule is CC(=S)C(C(=O)N1CCC(O)(Cn2cnn3c(-c4ccc5c(c4)CC(N)C5)cnc3c2=O)CC1)=C(N)Cc1ccccc1. The minimum atomic E-state index is -1.19. The summed E-state index contributed by atoms with van der Waals surface area (Å²) in [6.07, 6.45) is 5.78. The predicted octanol–water partition coefficient (Wildman–Crippen LogP) is 2.18. The molecule has 0 saturated carbocycles. The summed E-state index contributed by atoms with van der Waals surface area (Å²) in [5.74, 6) is -0.235. The van der Waals surface area contributed by atoms with E-state index in [4.69, 9.17) is 23.7 Å². The molecule has 3 heterocycles. The second-order valence-electron chi connectivity index (χ2n) is 11.7. The van der Waals surface area contributed by atoms with Gasteiger partial charge in [-0.2, -0.15) is 5.10 Å². The van der Waals surface area contributed by atoms with Gasteiger partial charge in [0.25, 0.3) is 11.5 Å². The highest BCUT2D eigenvalue weighted by Crippen LogP contribution is 2.28. The van der Waals surface area contributed by atoms with Gasteiger partial charge in [0, 0.05) is 41.7 Å². The maximum absolute atomic E-state index is 13.5. The predicted molar refractivity (Wildman–Crippen MR) is 168 cm³/mol. The van der Waals surface area contributed by atoms with Crippen molar-refractivity contribution >= 4 is 28.6 Å². The van der Waals surface area contributed by atoms with Crippen molar-refractivity contribution in [1.82, 2.24) is 24.1 Å². The molecular formula is C32H35N7O3S. The van der Waals surface area contributed by atoms with Crippen LogP contribution in [0.5, 0.6) is 0 Å². The Balaban J connectivity index is 1.16. The van der Waals surface area contributed by atoms with Gasteiger partial charge in [0.2, 0.25) is 5.65 Å². The summed E-state index contributed by atoms with van der Waals surface area (Å²) in [5, 5.41) is 15.9. The van der Waals surface area contributed by atoms with Crippen LogP contribution in [0.4, 0.5) is 0 Å². The van der Waals surface area contributed by atoms with Crippen LogP contribution < -0.4 is 17.0 Å². The van der Waals surface area contributed by atoms with Gasteiger partial charge >= 0.3 is 0 Å². The number of benzene rings is 2. The zero-order chi connectivity index (χ0) is 30.3. The third-order valence-corrected chi connectivity index (χ3v) is 8.74. The quantitative estimate of drug-likeness (QED) is 0.217. The Bertz CT molecular complexity index is 1800. The largest absolute Gasteiger partial charge is 0.401 e. The topological polar surface area (TPSA) is 145 Å². The van der Waals surface area contributed by atoms with Crippen molar-refractivity contribution in [3.8, 4) is 11.3 Å². The van der Waals surface area contributed by atoms with E-state index in [2.05, 4.69) is 22.2 Å². The van der Waals surface area contributed by atoms with Crippen LogP contribution in [-0.4, -0.2) is 64.7 Å². The van der Waals surface area contributed by atoms with Gasteiger partial charge < -0.3 is 21.5 Å². The highest BCUT2D eigenvalue weighted by atomic mass is 32.1. The van der Waals surface area contributed by atoms with E-state index in [0.29, 0.717) is 35.6 Å². The van der Waals surface area contributed by atoms with Crippen molar-refractivity contribution in [2.45, 2.75) is 57.2 Å². The number of aromatic nitrogens is 4. The lowest BCUT2D eigenvalue weighted by Gasteiger charge is -2.38. The van der Waals surface area contributed by atoms with Gasteiger partial charge in [-0.1, -0.05) is 54.7 Å². The molecule has 10 nitrogen and oxygen atoms in total. The van der Waals surface area contributed by atoms with Crippen molar-refractivity contribution in [3.63, 3.8) is 0 Å². The van der Waals surface area contributed by atoms with Crippen molar-refractivity contribution < 1.29 is 9.90 Å². The fourth-order valence-electron chi connectivity index (χ4n) is 6.20. The second-order valence-corrected chi connectivity index (χ2v) is 12.3. The molecule has 6 rings (SSSR count). The first-order valence-corrected chi connectivity index (χ1v) is 14.9. The van der Waals surface area contributed by atoms with Crippen molar-refractivity contribution in [2.75, 3.05) is 13.1 Å². The molecule has 1 amide bonds. The third-order valence-electron chi connectivity index (χ3n) is 8.53. The van der Waals surface area contributed by atoms with E-state index in [0.717, 1.165) is 29.7 Å². The van der Waals surface area contributed by atoms with Crippen molar-refractivity contribution in [2.24, 2.45) is 11.5 Å². The van der Waals surface area contributed by atoms with Gasteiger partial charge in [-0.25, -0.2) is 9.50 Å². The zero-order valence-corrected chi connectivity index (χ0v) is 24.9. The molecule has 2 aromatic heterocycles. The smallest absolute Gasteiger partial charge is 0.296 e. The Labute approximate surface area is 254 Å². The summed E-state index contributed by atoms with van der Waals surface area (Å²) in [6.45, 7) is 2.36. The summed E-state index contributed by atoms with van der Waals surface area (Å²) in [5.41, 5.74) is 17.0. The molecule has 5 N–H and O–H groups in total. The number of fused-ring (bicyclic) bond motifs is 2. The van der Waals surface area contributed by atoms with Crippen LogP contribution in [0, 0.1) is 0 Å². The van der Waals surface area contributed by atoms with Crippen LogP contribution in [0.25, 0.3) is 16.9 Å². The zero-order valence-electron chi connectivity index (χ0n) is 24.1. The molecular weight excluding hydrogens is 562 g/mol. The molecule has 1 fully saturated rings. The molecule has 0 bridgehead atoms. The first kappa shape index (κ1) is 28.9. The number of nitrogens with two attached hydrogens (primary N) is 2. The van der Waals surface area contributed by atoms with E-state index >= 15 is 0 Å². The molecule has 2 aromatic carbocycles. The first-order chi connectivity index (χ1) is 20.6. The fraction of sp³-hybridized carbons (Fsp3) is 0.344. The lowest BCUT2D eigenvalue weighted by Crippen LogP contribution is -2.50. The molecule has 43 heavy (non-hydrogen) atoms. The van der Waals surface area contributed by atoms with E-state index in [9.17, 15) is 14.7 Å². The number of aliphatic hydroxyl groups is 1. The summed E-state index contributed by atoms with van der Waals surface area (Å²) < 4.78 is 2.94. The maximum atomic E-state index is 13.5. The van der Waals surface area contributed by atoms with Crippen LogP contribution in [0.3, 0.4) is 0 Å². The Kier molecular flexibility index (Phi) is 7.72. The molecule has 0 radical (unpaired) electrons. The first-order valence-electron chi connectivity index (χ1n) is 14.5. The number of likely N-dealkylation sites (tertiary alicyclic amines) is 1. The van der Waals surface area contributed by atoms with Gasteiger partial charge in [0.1, 0.15) is 6.33 Å². The van der Waals surface area contributed by atoms with Gasteiger partial charge in [-0.3, -0.25) is 14.2 Å². The number of allylic oxidation sites excluding steroid dienone is 1. The number of carbonyl (C=O) groups excluding carboxylic acids is 1. The van der Waals surface area contributed by atoms with E-state index in [1.54, 1.807) is 22.5 Å². The minimum absolute atomic E-state index is 0.0430. The molecule has 11 heteroatoms. The average molecular weight is 598 g/mol. The number of rotatable bonds is 7. The summed E-state index contributed by atoms with van der Waals surface area (Å²) >= 11 is 5.41. The molecule has 1 aliphatic heterocycles. The number of hydrogen-bond acceptors (Lipinski definition) is 8. The van der Waals surface area contributed by atoms with E-state index < -0.39 is 5.60 Å². The summed E-state index contributed by atoms with van der Waals surface area (Å²) in [7, 11) is 0. The van der Waals surface area contributed by atoms with Gasteiger partial charge in [-0.15, -0.1) is 0 Å². The van der Waals surface area contributed by atoms with Gasteiger partial charge in [0.15, 0.2) is 0 Å². The van der Waals surface area contributed by atoms with E-state index in [-0.39, 0.29) is 42.5 Å². The van der Waals surface area contributed by atoms with E-state index in [1.165, 1.54) is 22.0 Å². The Morgan fingerprint density at radius 3 is 2.56 bits per heavy atom. The average Bonchev–Trinajstić information content (AvgIpc) is 3.58. The number of nitrogens with zero attached hydrogens (tertiary/aromatic N) is 5. The molecule has 0 spiro atoms. The normalized spacial score (nSPS) is 18.4. The minimum Gasteiger partial charge on any atom is -0.401 e. The molecule has 4 aromatic rings. The summed E-state index contributed by atoms with van der Waals surface area (Å²) in [4.78, 5) is 33.4. The second kappa shape index (κ2) is 11.5. The highest BCUT2D eigenvalue weighted by molar-refractivity contribution is 7.80. The lowest BCUT2D eigenvalue weighted by atomic mass is 9.90. The monoisotopic (exact) mass is 597 g/mol. The number of imidazole rings is 1. The molecule has 1 aliphatic carbocycles. The number of carbonyl (C=O) groups is 1.